The van der Waals surface area contributed by atoms with Crippen molar-refractivity contribution >= 4 is 18.3 Å². The van der Waals surface area contributed by atoms with Gasteiger partial charge in [-0.25, -0.2) is 4.68 Å². The van der Waals surface area contributed by atoms with Crippen LogP contribution >= 0.6 is 12.4 Å². The highest BCUT2D eigenvalue weighted by Crippen LogP contribution is 2.17. The Hall–Kier alpha value is -1.85. The zero-order valence-corrected chi connectivity index (χ0v) is 14.8. The molecule has 0 bridgehead atoms. The van der Waals surface area contributed by atoms with Crippen LogP contribution in [-0.4, -0.2) is 28.8 Å². The number of aromatic nitrogens is 2. The van der Waals surface area contributed by atoms with Crippen LogP contribution in [0.3, 0.4) is 0 Å². The molecule has 1 aliphatic rings. The van der Waals surface area contributed by atoms with E-state index in [2.05, 4.69) is 15.7 Å². The van der Waals surface area contributed by atoms with Gasteiger partial charge in [-0.05, 0) is 62.5 Å². The summed E-state index contributed by atoms with van der Waals surface area (Å²) in [4.78, 5) is 12.1. The van der Waals surface area contributed by atoms with Gasteiger partial charge in [0.15, 0.2) is 0 Å². The van der Waals surface area contributed by atoms with Gasteiger partial charge in [-0.15, -0.1) is 12.4 Å². The van der Waals surface area contributed by atoms with E-state index in [9.17, 15) is 4.79 Å². The van der Waals surface area contributed by atoms with Gasteiger partial charge < -0.3 is 10.6 Å². The highest BCUT2D eigenvalue weighted by Gasteiger charge is 2.16. The Bertz CT molecular complexity index is 621. The highest BCUT2D eigenvalue weighted by molar-refractivity contribution is 5.85. The van der Waals surface area contributed by atoms with Crippen molar-refractivity contribution < 1.29 is 4.79 Å². The molecule has 3 rings (SSSR count). The molecule has 2 N–H and O–H groups in total. The predicted octanol–water partition coefficient (Wildman–Crippen LogP) is 2.86. The average molecular weight is 349 g/mol. The van der Waals surface area contributed by atoms with Crippen LogP contribution in [0.5, 0.6) is 0 Å². The Balaban J connectivity index is 0.00000208. The van der Waals surface area contributed by atoms with Gasteiger partial charge in [-0.3, -0.25) is 4.79 Å². The summed E-state index contributed by atoms with van der Waals surface area (Å²) in [6, 6.07) is 10.1. The van der Waals surface area contributed by atoms with E-state index in [1.807, 2.05) is 48.1 Å². The zero-order chi connectivity index (χ0) is 16.1. The summed E-state index contributed by atoms with van der Waals surface area (Å²) in [6.07, 6.45) is 6.46. The lowest BCUT2D eigenvalue weighted by Crippen LogP contribution is -2.27. The number of amides is 1. The lowest BCUT2D eigenvalue weighted by atomic mass is 10.0. The number of carbonyl (C=O) groups is 1. The van der Waals surface area contributed by atoms with Gasteiger partial charge in [-0.1, -0.05) is 12.1 Å². The van der Waals surface area contributed by atoms with Gasteiger partial charge >= 0.3 is 0 Å². The molecule has 24 heavy (non-hydrogen) atoms. The summed E-state index contributed by atoms with van der Waals surface area (Å²) >= 11 is 0. The SMILES string of the molecule is CC(NC(=O)CCC1CCNC1)c1ccc(-n2cccn2)cc1.Cl. The summed E-state index contributed by atoms with van der Waals surface area (Å²) in [5.41, 5.74) is 2.13. The number of carbonyl (C=O) groups excluding carboxylic acids is 1. The molecule has 2 heterocycles. The van der Waals surface area contributed by atoms with E-state index in [0.29, 0.717) is 12.3 Å². The van der Waals surface area contributed by atoms with Gasteiger partial charge in [0.05, 0.1) is 11.7 Å². The quantitative estimate of drug-likeness (QED) is 0.844. The molecule has 2 unspecified atom stereocenters. The normalized spacial score (nSPS) is 18.0. The first kappa shape index (κ1) is 18.5. The van der Waals surface area contributed by atoms with Gasteiger partial charge in [0.1, 0.15) is 0 Å². The van der Waals surface area contributed by atoms with Crippen LogP contribution in [-0.2, 0) is 4.79 Å². The minimum Gasteiger partial charge on any atom is -0.350 e. The van der Waals surface area contributed by atoms with Crippen LogP contribution in [0.2, 0.25) is 0 Å². The summed E-state index contributed by atoms with van der Waals surface area (Å²) < 4.78 is 1.82. The third-order valence-corrected chi connectivity index (χ3v) is 4.48. The molecule has 2 aromatic rings. The molecular weight excluding hydrogens is 324 g/mol. The van der Waals surface area contributed by atoms with E-state index in [-0.39, 0.29) is 24.4 Å². The first-order valence-corrected chi connectivity index (χ1v) is 8.32. The summed E-state index contributed by atoms with van der Waals surface area (Å²) in [6.45, 7) is 4.17. The molecule has 0 aliphatic carbocycles. The van der Waals surface area contributed by atoms with Crippen LogP contribution in [0.15, 0.2) is 42.7 Å². The number of hydrogen-bond acceptors (Lipinski definition) is 3. The molecule has 0 spiro atoms. The molecule has 1 aliphatic heterocycles. The number of nitrogens with one attached hydrogen (secondary N) is 2. The van der Waals surface area contributed by atoms with Gasteiger partial charge in [-0.2, -0.15) is 5.10 Å². The Morgan fingerprint density at radius 3 is 2.83 bits per heavy atom. The number of halogens is 1. The Kier molecular flexibility index (Phi) is 6.82. The molecule has 0 radical (unpaired) electrons. The molecule has 6 heteroatoms. The lowest BCUT2D eigenvalue weighted by molar-refractivity contribution is -0.122. The van der Waals surface area contributed by atoms with Crippen molar-refractivity contribution in [2.75, 3.05) is 13.1 Å². The van der Waals surface area contributed by atoms with E-state index >= 15 is 0 Å². The van der Waals surface area contributed by atoms with E-state index in [1.165, 1.54) is 6.42 Å². The number of rotatable bonds is 6. The lowest BCUT2D eigenvalue weighted by Gasteiger charge is -2.16. The molecule has 1 aromatic heterocycles. The summed E-state index contributed by atoms with van der Waals surface area (Å²) in [5.74, 6) is 0.796. The summed E-state index contributed by atoms with van der Waals surface area (Å²) in [7, 11) is 0. The number of benzene rings is 1. The second-order valence-electron chi connectivity index (χ2n) is 6.23. The zero-order valence-electron chi connectivity index (χ0n) is 13.9. The van der Waals surface area contributed by atoms with Crippen molar-refractivity contribution in [1.29, 1.82) is 0 Å². The van der Waals surface area contributed by atoms with Gasteiger partial charge in [0, 0.05) is 18.8 Å². The van der Waals surface area contributed by atoms with Gasteiger partial charge in [0.25, 0.3) is 0 Å². The fourth-order valence-electron chi connectivity index (χ4n) is 3.03. The minimum absolute atomic E-state index is 0. The fourth-order valence-corrected chi connectivity index (χ4v) is 3.03. The molecule has 1 saturated heterocycles. The Morgan fingerprint density at radius 2 is 2.21 bits per heavy atom. The predicted molar refractivity (Wildman–Crippen MR) is 97.6 cm³/mol. The highest BCUT2D eigenvalue weighted by atomic mass is 35.5. The van der Waals surface area contributed by atoms with Crippen molar-refractivity contribution in [3.8, 4) is 5.69 Å². The first-order chi connectivity index (χ1) is 11.2. The standard InChI is InChI=1S/C18H24N4O.ClH/c1-14(21-18(23)8-3-15-9-11-19-13-15)16-4-6-17(7-5-16)22-12-2-10-20-22;/h2,4-7,10,12,14-15,19H,3,8-9,11,13H2,1H3,(H,21,23);1H. The van der Waals surface area contributed by atoms with Crippen LogP contribution in [0.4, 0.5) is 0 Å². The third kappa shape index (κ3) is 4.82. The average Bonchev–Trinajstić information content (AvgIpc) is 3.26. The second-order valence-corrected chi connectivity index (χ2v) is 6.23. The number of hydrogen-bond donors (Lipinski definition) is 2. The van der Waals surface area contributed by atoms with Crippen LogP contribution in [0.25, 0.3) is 5.69 Å². The number of nitrogens with zero attached hydrogens (tertiary/aromatic N) is 2. The molecule has 130 valence electrons. The molecule has 1 amide bonds. The van der Waals surface area contributed by atoms with Crippen molar-refractivity contribution in [3.63, 3.8) is 0 Å². The molecule has 2 atom stereocenters. The van der Waals surface area contributed by atoms with Crippen molar-refractivity contribution in [3.05, 3.63) is 48.3 Å². The molecule has 5 nitrogen and oxygen atoms in total. The third-order valence-electron chi connectivity index (χ3n) is 4.48. The van der Waals surface area contributed by atoms with Crippen molar-refractivity contribution in [2.45, 2.75) is 32.2 Å². The fraction of sp³-hybridized carbons (Fsp3) is 0.444. The largest absolute Gasteiger partial charge is 0.350 e. The maximum Gasteiger partial charge on any atom is 0.220 e. The minimum atomic E-state index is 0. The van der Waals surface area contributed by atoms with Gasteiger partial charge in [0.2, 0.25) is 5.91 Å². The monoisotopic (exact) mass is 348 g/mol. The Labute approximate surface area is 149 Å². The molecule has 0 saturated carbocycles. The first-order valence-electron chi connectivity index (χ1n) is 8.32. The van der Waals surface area contributed by atoms with E-state index in [1.54, 1.807) is 6.20 Å². The van der Waals surface area contributed by atoms with Crippen molar-refractivity contribution in [1.82, 2.24) is 20.4 Å². The maximum atomic E-state index is 12.1. The van der Waals surface area contributed by atoms with Crippen molar-refractivity contribution in [2.24, 2.45) is 5.92 Å². The summed E-state index contributed by atoms with van der Waals surface area (Å²) in [5, 5.41) is 10.6. The maximum absolute atomic E-state index is 12.1. The molecule has 1 fully saturated rings. The van der Waals surface area contributed by atoms with E-state index in [4.69, 9.17) is 0 Å². The molecular formula is C18H25ClN4O. The molecule has 1 aromatic carbocycles. The topological polar surface area (TPSA) is 59.0 Å². The van der Waals surface area contributed by atoms with E-state index in [0.717, 1.165) is 30.8 Å². The van der Waals surface area contributed by atoms with E-state index < -0.39 is 0 Å². The van der Waals surface area contributed by atoms with Crippen LogP contribution in [0, 0.1) is 5.92 Å². The van der Waals surface area contributed by atoms with Crippen LogP contribution in [0.1, 0.15) is 37.8 Å². The second kappa shape index (κ2) is 8.85. The smallest absolute Gasteiger partial charge is 0.220 e. The Morgan fingerprint density at radius 1 is 1.42 bits per heavy atom. The van der Waals surface area contributed by atoms with Crippen LogP contribution < -0.4 is 10.6 Å².